The fourth-order valence-electron chi connectivity index (χ4n) is 3.13. The number of rotatable bonds is 6. The van der Waals surface area contributed by atoms with Gasteiger partial charge in [-0.1, -0.05) is 6.07 Å². The number of nitrogens with zero attached hydrogens (tertiary/aromatic N) is 1. The summed E-state index contributed by atoms with van der Waals surface area (Å²) in [6.45, 7) is 0.170. The van der Waals surface area contributed by atoms with Crippen LogP contribution in [0.2, 0.25) is 0 Å². The summed E-state index contributed by atoms with van der Waals surface area (Å²) in [5.74, 6) is -0.784. The van der Waals surface area contributed by atoms with E-state index >= 15 is 0 Å². The van der Waals surface area contributed by atoms with Crippen molar-refractivity contribution >= 4 is 23.2 Å². The van der Waals surface area contributed by atoms with Gasteiger partial charge in [-0.3, -0.25) is 14.5 Å². The third kappa shape index (κ3) is 4.89. The second-order valence-corrected chi connectivity index (χ2v) is 6.61. The Kier molecular flexibility index (Phi) is 5.63. The summed E-state index contributed by atoms with van der Waals surface area (Å²) >= 11 is 0. The number of hydrogen-bond donors (Lipinski definition) is 2. The van der Waals surface area contributed by atoms with Gasteiger partial charge in [-0.05, 0) is 73.8 Å². The smallest absolute Gasteiger partial charge is 0.238 e. The van der Waals surface area contributed by atoms with E-state index in [0.717, 1.165) is 18.5 Å². The first kappa shape index (κ1) is 18.1. The highest BCUT2D eigenvalue weighted by atomic mass is 19.1. The highest BCUT2D eigenvalue weighted by molar-refractivity contribution is 5.94. The molecule has 0 saturated heterocycles. The van der Waals surface area contributed by atoms with Crippen LogP contribution in [0.1, 0.15) is 17.5 Å². The molecule has 26 heavy (non-hydrogen) atoms. The molecule has 0 radical (unpaired) electrons. The maximum atomic E-state index is 12.9. The van der Waals surface area contributed by atoms with Crippen molar-refractivity contribution in [3.8, 4) is 0 Å². The minimum atomic E-state index is -0.358. The predicted octanol–water partition coefficient (Wildman–Crippen LogP) is 2.82. The molecule has 0 spiro atoms. The van der Waals surface area contributed by atoms with Crippen molar-refractivity contribution in [2.75, 3.05) is 30.8 Å². The lowest BCUT2D eigenvalue weighted by Crippen LogP contribution is -2.36. The monoisotopic (exact) mass is 355 g/mol. The van der Waals surface area contributed by atoms with Crippen molar-refractivity contribution in [2.45, 2.75) is 19.3 Å². The zero-order valence-electron chi connectivity index (χ0n) is 14.7. The molecule has 2 N–H and O–H groups in total. The number of anilines is 2. The number of likely N-dealkylation sites (N-methyl/N-ethyl adjacent to an activating group) is 1. The fraction of sp³-hybridized carbons (Fsp3) is 0.300. The van der Waals surface area contributed by atoms with Crippen LogP contribution in [0.5, 0.6) is 0 Å². The zero-order chi connectivity index (χ0) is 18.5. The average molecular weight is 355 g/mol. The lowest BCUT2D eigenvalue weighted by Gasteiger charge is -2.16. The van der Waals surface area contributed by atoms with E-state index in [9.17, 15) is 14.0 Å². The topological polar surface area (TPSA) is 61.4 Å². The average Bonchev–Trinajstić information content (AvgIpc) is 3.04. The van der Waals surface area contributed by atoms with Gasteiger partial charge in [0.25, 0.3) is 0 Å². The van der Waals surface area contributed by atoms with Crippen LogP contribution in [-0.4, -0.2) is 36.9 Å². The summed E-state index contributed by atoms with van der Waals surface area (Å²) < 4.78 is 12.9. The van der Waals surface area contributed by atoms with Crippen molar-refractivity contribution in [1.82, 2.24) is 4.90 Å². The Hall–Kier alpha value is -2.73. The summed E-state index contributed by atoms with van der Waals surface area (Å²) in [4.78, 5) is 25.8. The van der Waals surface area contributed by atoms with Gasteiger partial charge in [-0.25, -0.2) is 4.39 Å². The zero-order valence-corrected chi connectivity index (χ0v) is 14.7. The molecule has 6 heteroatoms. The Morgan fingerprint density at radius 3 is 2.19 bits per heavy atom. The van der Waals surface area contributed by atoms with Gasteiger partial charge in [-0.2, -0.15) is 0 Å². The van der Waals surface area contributed by atoms with Gasteiger partial charge >= 0.3 is 0 Å². The number of halogens is 1. The van der Waals surface area contributed by atoms with Crippen LogP contribution in [0, 0.1) is 5.82 Å². The largest absolute Gasteiger partial charge is 0.325 e. The molecule has 2 aromatic carbocycles. The van der Waals surface area contributed by atoms with Gasteiger partial charge in [0.15, 0.2) is 0 Å². The molecule has 1 aliphatic carbocycles. The van der Waals surface area contributed by atoms with Crippen molar-refractivity contribution < 1.29 is 14.0 Å². The van der Waals surface area contributed by atoms with E-state index in [4.69, 9.17) is 0 Å². The summed E-state index contributed by atoms with van der Waals surface area (Å²) in [6.07, 6.45) is 3.33. The number of nitrogens with one attached hydrogen (secondary N) is 2. The minimum absolute atomic E-state index is 0.0645. The molecule has 3 rings (SSSR count). The molecular formula is C20H22FN3O2. The van der Waals surface area contributed by atoms with Gasteiger partial charge in [-0.15, -0.1) is 0 Å². The number of hydrogen-bond acceptors (Lipinski definition) is 3. The molecule has 0 saturated carbocycles. The lowest BCUT2D eigenvalue weighted by molar-refractivity contribution is -0.119. The lowest BCUT2D eigenvalue weighted by atomic mass is 10.1. The predicted molar refractivity (Wildman–Crippen MR) is 99.6 cm³/mol. The van der Waals surface area contributed by atoms with Gasteiger partial charge in [0.1, 0.15) is 5.82 Å². The van der Waals surface area contributed by atoms with Crippen LogP contribution in [0.15, 0.2) is 42.5 Å². The molecule has 2 aromatic rings. The van der Waals surface area contributed by atoms with Gasteiger partial charge in [0.05, 0.1) is 13.1 Å². The molecule has 0 fully saturated rings. The van der Waals surface area contributed by atoms with E-state index in [0.29, 0.717) is 5.69 Å². The maximum absolute atomic E-state index is 12.9. The molecule has 0 aromatic heterocycles. The van der Waals surface area contributed by atoms with Crippen LogP contribution in [0.25, 0.3) is 0 Å². The van der Waals surface area contributed by atoms with Crippen molar-refractivity contribution in [3.05, 3.63) is 59.4 Å². The standard InChI is InChI=1S/C20H22FN3O2/c1-24(12-19(25)22-17-9-6-16(21)7-10-17)13-20(26)23-18-8-5-14-3-2-4-15(14)11-18/h5-11H,2-4,12-13H2,1H3,(H,22,25)(H,23,26). The molecule has 1 aliphatic rings. The van der Waals surface area contributed by atoms with E-state index in [1.807, 2.05) is 12.1 Å². The maximum Gasteiger partial charge on any atom is 0.238 e. The van der Waals surface area contributed by atoms with E-state index in [-0.39, 0.29) is 30.7 Å². The third-order valence-corrected chi connectivity index (χ3v) is 4.34. The normalized spacial score (nSPS) is 12.7. The number of carbonyl (C=O) groups excluding carboxylic acids is 2. The number of carbonyl (C=O) groups is 2. The summed E-state index contributed by atoms with van der Waals surface area (Å²) in [7, 11) is 1.70. The molecule has 0 bridgehead atoms. The summed E-state index contributed by atoms with van der Waals surface area (Å²) in [5, 5.41) is 5.55. The van der Waals surface area contributed by atoms with E-state index in [1.54, 1.807) is 11.9 Å². The van der Waals surface area contributed by atoms with Gasteiger partial charge in [0.2, 0.25) is 11.8 Å². The number of benzene rings is 2. The van der Waals surface area contributed by atoms with Crippen molar-refractivity contribution in [3.63, 3.8) is 0 Å². The molecule has 2 amide bonds. The van der Waals surface area contributed by atoms with Gasteiger partial charge < -0.3 is 10.6 Å². The summed E-state index contributed by atoms with van der Waals surface area (Å²) in [5.41, 5.74) is 3.97. The van der Waals surface area contributed by atoms with E-state index in [1.165, 1.54) is 41.8 Å². The first-order chi connectivity index (χ1) is 12.5. The Bertz CT molecular complexity index is 805. The van der Waals surface area contributed by atoms with Crippen molar-refractivity contribution in [2.24, 2.45) is 0 Å². The van der Waals surface area contributed by atoms with E-state index in [2.05, 4.69) is 16.7 Å². The summed E-state index contributed by atoms with van der Waals surface area (Å²) in [6, 6.07) is 11.6. The first-order valence-corrected chi connectivity index (χ1v) is 8.65. The fourth-order valence-corrected chi connectivity index (χ4v) is 3.13. The SMILES string of the molecule is CN(CC(=O)Nc1ccc(F)cc1)CC(=O)Nc1ccc2c(c1)CCC2. The van der Waals surface area contributed by atoms with Crippen LogP contribution in [0.4, 0.5) is 15.8 Å². The molecule has 0 atom stereocenters. The Balaban J connectivity index is 1.46. The van der Waals surface area contributed by atoms with Crippen molar-refractivity contribution in [1.29, 1.82) is 0 Å². The van der Waals surface area contributed by atoms with Gasteiger partial charge in [0, 0.05) is 11.4 Å². The highest BCUT2D eigenvalue weighted by Crippen LogP contribution is 2.24. The quantitative estimate of drug-likeness (QED) is 0.838. The first-order valence-electron chi connectivity index (χ1n) is 8.65. The van der Waals surface area contributed by atoms with Crippen LogP contribution in [0.3, 0.4) is 0 Å². The Morgan fingerprint density at radius 2 is 1.50 bits per heavy atom. The molecule has 0 aliphatic heterocycles. The number of fused-ring (bicyclic) bond motifs is 1. The molecule has 0 unspecified atom stereocenters. The minimum Gasteiger partial charge on any atom is -0.325 e. The second-order valence-electron chi connectivity index (χ2n) is 6.61. The second kappa shape index (κ2) is 8.10. The van der Waals surface area contributed by atoms with E-state index < -0.39 is 0 Å². The highest BCUT2D eigenvalue weighted by Gasteiger charge is 2.14. The van der Waals surface area contributed by atoms with Crippen LogP contribution in [-0.2, 0) is 22.4 Å². The van der Waals surface area contributed by atoms with Crippen LogP contribution >= 0.6 is 0 Å². The molecule has 0 heterocycles. The molecule has 5 nitrogen and oxygen atoms in total. The third-order valence-electron chi connectivity index (χ3n) is 4.34. The number of amides is 2. The molecule has 136 valence electrons. The Morgan fingerprint density at radius 1 is 0.923 bits per heavy atom. The van der Waals surface area contributed by atoms with Crippen LogP contribution < -0.4 is 10.6 Å². The Labute approximate surface area is 152 Å². The molecular weight excluding hydrogens is 333 g/mol. The number of aryl methyl sites for hydroxylation is 2.